The Morgan fingerprint density at radius 3 is 2.42 bits per heavy atom. The van der Waals surface area contributed by atoms with E-state index in [2.05, 4.69) is 10.0 Å². The topological polar surface area (TPSA) is 75.3 Å². The molecule has 24 heavy (non-hydrogen) atoms. The van der Waals surface area contributed by atoms with E-state index in [1.807, 2.05) is 45.9 Å². The molecule has 0 fully saturated rings. The monoisotopic (exact) mass is 366 g/mol. The number of hydrogen-bond acceptors (Lipinski definition) is 4. The zero-order valence-corrected chi connectivity index (χ0v) is 15.8. The van der Waals surface area contributed by atoms with E-state index in [0.717, 1.165) is 22.5 Å². The smallest absolute Gasteiger partial charge is 0.250 e. The van der Waals surface area contributed by atoms with E-state index in [-0.39, 0.29) is 16.0 Å². The summed E-state index contributed by atoms with van der Waals surface area (Å²) in [5.41, 5.74) is 2.73. The van der Waals surface area contributed by atoms with E-state index in [1.165, 1.54) is 6.07 Å². The molecule has 2 N–H and O–H groups in total. The normalized spacial score (nSPS) is 13.0. The molecule has 0 saturated heterocycles. The number of nitrogens with one attached hydrogen (secondary N) is 2. The molecule has 0 aliphatic carbocycles. The Kier molecular flexibility index (Phi) is 5.79. The van der Waals surface area contributed by atoms with Gasteiger partial charge in [0.25, 0.3) is 10.0 Å². The molecular weight excluding hydrogens is 344 g/mol. The second-order valence-electron chi connectivity index (χ2n) is 6.01. The predicted octanol–water partition coefficient (Wildman–Crippen LogP) is 3.31. The molecule has 1 aromatic heterocycles. The van der Waals surface area contributed by atoms with Crippen LogP contribution in [-0.2, 0) is 14.8 Å². The van der Waals surface area contributed by atoms with Crippen LogP contribution >= 0.6 is 11.3 Å². The van der Waals surface area contributed by atoms with Crippen LogP contribution in [0.1, 0.15) is 25.0 Å². The van der Waals surface area contributed by atoms with Crippen molar-refractivity contribution in [1.82, 2.24) is 4.72 Å². The summed E-state index contributed by atoms with van der Waals surface area (Å²) in [5.74, 6) is -0.552. The van der Waals surface area contributed by atoms with E-state index < -0.39 is 16.1 Å². The molecule has 1 atom stereocenters. The van der Waals surface area contributed by atoms with Crippen molar-refractivity contribution in [2.24, 2.45) is 5.92 Å². The summed E-state index contributed by atoms with van der Waals surface area (Å²) in [6.45, 7) is 7.50. The Hall–Kier alpha value is -1.70. The number of thiophene rings is 1. The van der Waals surface area contributed by atoms with Gasteiger partial charge in [-0.2, -0.15) is 4.72 Å². The van der Waals surface area contributed by atoms with Crippen LogP contribution in [0.3, 0.4) is 0 Å². The van der Waals surface area contributed by atoms with Gasteiger partial charge in [-0.05, 0) is 48.4 Å². The molecule has 0 aliphatic heterocycles. The van der Waals surface area contributed by atoms with Crippen molar-refractivity contribution in [3.8, 4) is 0 Å². The van der Waals surface area contributed by atoms with Crippen molar-refractivity contribution in [3.05, 3.63) is 46.8 Å². The number of sulfonamides is 1. The molecule has 0 spiro atoms. The van der Waals surface area contributed by atoms with E-state index in [0.29, 0.717) is 5.69 Å². The molecule has 130 valence electrons. The number of carbonyl (C=O) groups excluding carboxylic acids is 1. The number of benzene rings is 1. The first-order valence-corrected chi connectivity index (χ1v) is 10.0. The molecule has 2 aromatic rings. The molecule has 1 unspecified atom stereocenters. The third-order valence-electron chi connectivity index (χ3n) is 3.85. The molecule has 2 rings (SSSR count). The van der Waals surface area contributed by atoms with E-state index in [9.17, 15) is 13.2 Å². The fourth-order valence-electron chi connectivity index (χ4n) is 2.23. The minimum Gasteiger partial charge on any atom is -0.324 e. The molecular formula is C17H22N2O3S2. The van der Waals surface area contributed by atoms with Crippen molar-refractivity contribution in [1.29, 1.82) is 0 Å². The first-order chi connectivity index (χ1) is 11.2. The fourth-order valence-corrected chi connectivity index (χ4v) is 4.58. The molecule has 5 nitrogen and oxygen atoms in total. The van der Waals surface area contributed by atoms with Crippen LogP contribution in [0.5, 0.6) is 0 Å². The van der Waals surface area contributed by atoms with E-state index >= 15 is 0 Å². The lowest BCUT2D eigenvalue weighted by molar-refractivity contribution is -0.118. The van der Waals surface area contributed by atoms with Crippen LogP contribution in [0.4, 0.5) is 5.69 Å². The largest absolute Gasteiger partial charge is 0.324 e. The van der Waals surface area contributed by atoms with Crippen LogP contribution in [0.15, 0.2) is 39.9 Å². The SMILES string of the molecule is Cc1cccc(NC(=O)C(NS(=O)(=O)c2cccs2)C(C)C)c1C. The first kappa shape index (κ1) is 18.6. The lowest BCUT2D eigenvalue weighted by Gasteiger charge is -2.22. The lowest BCUT2D eigenvalue weighted by Crippen LogP contribution is -2.46. The Morgan fingerprint density at radius 1 is 1.12 bits per heavy atom. The lowest BCUT2D eigenvalue weighted by atomic mass is 10.0. The highest BCUT2D eigenvalue weighted by Gasteiger charge is 2.29. The van der Waals surface area contributed by atoms with Crippen LogP contribution < -0.4 is 10.0 Å². The fraction of sp³-hybridized carbons (Fsp3) is 0.353. The maximum atomic E-state index is 12.6. The molecule has 0 aliphatic rings. The Labute approximate surface area is 147 Å². The second-order valence-corrected chi connectivity index (χ2v) is 8.90. The van der Waals surface area contributed by atoms with E-state index in [4.69, 9.17) is 0 Å². The molecule has 0 saturated carbocycles. The third-order valence-corrected chi connectivity index (χ3v) is 6.69. The van der Waals surface area contributed by atoms with Crippen LogP contribution in [0, 0.1) is 19.8 Å². The van der Waals surface area contributed by atoms with Gasteiger partial charge in [-0.1, -0.05) is 32.0 Å². The van der Waals surface area contributed by atoms with Gasteiger partial charge in [-0.15, -0.1) is 11.3 Å². The summed E-state index contributed by atoms with van der Waals surface area (Å²) in [6.07, 6.45) is 0. The highest BCUT2D eigenvalue weighted by Crippen LogP contribution is 2.20. The molecule has 1 amide bonds. The van der Waals surface area contributed by atoms with Crippen molar-refractivity contribution < 1.29 is 13.2 Å². The van der Waals surface area contributed by atoms with Crippen LogP contribution in [0.2, 0.25) is 0 Å². The highest BCUT2D eigenvalue weighted by molar-refractivity contribution is 7.91. The average Bonchev–Trinajstić information content (AvgIpc) is 3.04. The van der Waals surface area contributed by atoms with Gasteiger partial charge in [0.1, 0.15) is 10.3 Å². The number of rotatable bonds is 6. The summed E-state index contributed by atoms with van der Waals surface area (Å²) in [4.78, 5) is 12.6. The molecule has 0 bridgehead atoms. The first-order valence-electron chi connectivity index (χ1n) is 7.65. The number of aryl methyl sites for hydroxylation is 1. The highest BCUT2D eigenvalue weighted by atomic mass is 32.2. The minimum absolute atomic E-state index is 0.190. The summed E-state index contributed by atoms with van der Waals surface area (Å²) in [5, 5.41) is 4.53. The molecule has 1 aromatic carbocycles. The van der Waals surface area contributed by atoms with Gasteiger partial charge in [-0.3, -0.25) is 4.79 Å². The van der Waals surface area contributed by atoms with Gasteiger partial charge in [0, 0.05) is 5.69 Å². The van der Waals surface area contributed by atoms with Crippen LogP contribution in [0.25, 0.3) is 0 Å². The summed E-state index contributed by atoms with van der Waals surface area (Å²) >= 11 is 1.12. The Morgan fingerprint density at radius 2 is 1.83 bits per heavy atom. The van der Waals surface area contributed by atoms with Gasteiger partial charge in [0.2, 0.25) is 5.91 Å². The van der Waals surface area contributed by atoms with Gasteiger partial charge in [0.15, 0.2) is 0 Å². The van der Waals surface area contributed by atoms with Gasteiger partial charge in [-0.25, -0.2) is 8.42 Å². The molecule has 7 heteroatoms. The summed E-state index contributed by atoms with van der Waals surface area (Å²) in [7, 11) is -3.71. The van der Waals surface area contributed by atoms with Gasteiger partial charge < -0.3 is 5.32 Å². The standard InChI is InChI=1S/C17H22N2O3S2/c1-11(2)16(19-24(21,22)15-9-6-10-23-15)17(20)18-14-8-5-7-12(3)13(14)4/h5-11,16,19H,1-4H3,(H,18,20). The second kappa shape index (κ2) is 7.46. The quantitative estimate of drug-likeness (QED) is 0.823. The number of amides is 1. The van der Waals surface area contributed by atoms with Crippen LogP contribution in [-0.4, -0.2) is 20.4 Å². The average molecular weight is 367 g/mol. The van der Waals surface area contributed by atoms with E-state index in [1.54, 1.807) is 11.4 Å². The molecule has 0 radical (unpaired) electrons. The summed E-state index contributed by atoms with van der Waals surface area (Å²) in [6, 6.07) is 7.97. The number of anilines is 1. The number of carbonyl (C=O) groups is 1. The maximum Gasteiger partial charge on any atom is 0.250 e. The molecule has 1 heterocycles. The Balaban J connectivity index is 2.21. The third kappa shape index (κ3) is 4.23. The van der Waals surface area contributed by atoms with Gasteiger partial charge in [0.05, 0.1) is 0 Å². The zero-order chi connectivity index (χ0) is 17.9. The minimum atomic E-state index is -3.71. The van der Waals surface area contributed by atoms with Crippen molar-refractivity contribution in [3.63, 3.8) is 0 Å². The summed E-state index contributed by atoms with van der Waals surface area (Å²) < 4.78 is 27.5. The Bertz CT molecular complexity index is 812. The predicted molar refractivity (Wildman–Crippen MR) is 97.8 cm³/mol. The van der Waals surface area contributed by atoms with Crippen molar-refractivity contribution in [2.45, 2.75) is 37.9 Å². The zero-order valence-electron chi connectivity index (χ0n) is 14.2. The van der Waals surface area contributed by atoms with Crippen molar-refractivity contribution in [2.75, 3.05) is 5.32 Å². The van der Waals surface area contributed by atoms with Crippen molar-refractivity contribution >= 4 is 33.0 Å². The van der Waals surface area contributed by atoms with Gasteiger partial charge >= 0.3 is 0 Å². The number of hydrogen-bond donors (Lipinski definition) is 2. The maximum absolute atomic E-state index is 12.6.